The Morgan fingerprint density at radius 3 is 1.86 bits per heavy atom. The zero-order valence-corrected chi connectivity index (χ0v) is 42.0. The number of rotatable bonds is 17. The summed E-state index contributed by atoms with van der Waals surface area (Å²) in [5, 5.41) is 29.9. The Labute approximate surface area is 429 Å². The number of aliphatic hydroxyl groups is 2. The van der Waals surface area contributed by atoms with E-state index in [1.165, 1.54) is 18.0 Å². The number of nitrogens with two attached hydrogens (primary N) is 2. The van der Waals surface area contributed by atoms with Gasteiger partial charge >= 0.3 is 0 Å². The van der Waals surface area contributed by atoms with Crippen molar-refractivity contribution in [3.05, 3.63) is 131 Å². The molecule has 0 saturated carbocycles. The normalized spacial score (nSPS) is 15.4. The Morgan fingerprint density at radius 2 is 1.32 bits per heavy atom. The van der Waals surface area contributed by atoms with E-state index in [0.717, 1.165) is 110 Å². The van der Waals surface area contributed by atoms with Crippen molar-refractivity contribution in [1.82, 2.24) is 45.1 Å². The topological polar surface area (TPSA) is 274 Å². The molecule has 2 atom stereocenters. The van der Waals surface area contributed by atoms with Crippen molar-refractivity contribution in [2.75, 3.05) is 61.5 Å². The van der Waals surface area contributed by atoms with Gasteiger partial charge in [0.25, 0.3) is 11.8 Å². The molecular formula is C55H64N14O5. The van der Waals surface area contributed by atoms with Crippen LogP contribution in [0.15, 0.2) is 97.6 Å². The minimum absolute atomic E-state index is 0.259. The van der Waals surface area contributed by atoms with Crippen LogP contribution in [-0.4, -0.2) is 120 Å². The molecule has 2 fully saturated rings. The van der Waals surface area contributed by atoms with Gasteiger partial charge in [0.1, 0.15) is 22.7 Å². The van der Waals surface area contributed by atoms with Crippen molar-refractivity contribution in [2.45, 2.75) is 71.8 Å². The van der Waals surface area contributed by atoms with Crippen LogP contribution < -0.4 is 32.3 Å². The second kappa shape index (κ2) is 23.4. The SMILES string of the molecule is CCc1c(CN2CCCC(O)C2)cccc1Nc1c(C(N)=O)cnc2[nH]c(-c3ccc(N4CCOCC4)cc3)nc12.CCc1c(CNCC(C)O)cccc1Nc1c(C(N)=O)cnc2[nH]c(-c3ccncc3)nc12. The second-order valence-electron chi connectivity index (χ2n) is 18.6. The Balaban J connectivity index is 0.000000186. The van der Waals surface area contributed by atoms with Crippen molar-refractivity contribution in [2.24, 2.45) is 11.5 Å². The average Bonchev–Trinajstić information content (AvgIpc) is 4.06. The lowest BCUT2D eigenvalue weighted by Gasteiger charge is -2.31. The number of aromatic nitrogens is 7. The number of nitrogens with zero attached hydrogens (tertiary/aromatic N) is 7. The van der Waals surface area contributed by atoms with Crippen molar-refractivity contribution in [3.8, 4) is 22.8 Å². The van der Waals surface area contributed by atoms with Crippen molar-refractivity contribution in [1.29, 1.82) is 0 Å². The quantitative estimate of drug-likeness (QED) is 0.0458. The fourth-order valence-corrected chi connectivity index (χ4v) is 9.72. The van der Waals surface area contributed by atoms with E-state index < -0.39 is 17.9 Å². The number of carbonyl (C=O) groups excluding carboxylic acids is 2. The van der Waals surface area contributed by atoms with E-state index in [1.54, 1.807) is 19.3 Å². The molecule has 7 heterocycles. The van der Waals surface area contributed by atoms with Crippen molar-refractivity contribution >= 4 is 62.6 Å². The van der Waals surface area contributed by atoms with E-state index in [4.69, 9.17) is 26.2 Å². The summed E-state index contributed by atoms with van der Waals surface area (Å²) in [5.41, 5.74) is 24.5. The Bertz CT molecular complexity index is 3230. The summed E-state index contributed by atoms with van der Waals surface area (Å²) in [6, 6.07) is 24.1. The predicted octanol–water partition coefficient (Wildman–Crippen LogP) is 6.72. The van der Waals surface area contributed by atoms with Crippen LogP contribution >= 0.6 is 0 Å². The maximum atomic E-state index is 12.5. The lowest BCUT2D eigenvalue weighted by molar-refractivity contribution is 0.0667. The number of carbonyl (C=O) groups is 2. The molecule has 0 radical (unpaired) electrons. The van der Waals surface area contributed by atoms with Gasteiger partial charge in [-0.05, 0) is 110 Å². The van der Waals surface area contributed by atoms with Gasteiger partial charge in [0.2, 0.25) is 0 Å². The molecule has 2 aliphatic rings. The fourth-order valence-electron chi connectivity index (χ4n) is 9.72. The number of amides is 2. The molecular weight excluding hydrogens is 937 g/mol. The van der Waals surface area contributed by atoms with Crippen LogP contribution in [0.5, 0.6) is 0 Å². The summed E-state index contributed by atoms with van der Waals surface area (Å²) >= 11 is 0. The van der Waals surface area contributed by atoms with Crippen LogP contribution in [0.25, 0.3) is 45.1 Å². The van der Waals surface area contributed by atoms with E-state index in [1.807, 2.05) is 54.6 Å². The number of hydrogen-bond donors (Lipinski definition) is 9. The number of imidazole rings is 2. The summed E-state index contributed by atoms with van der Waals surface area (Å²) in [4.78, 5) is 58.3. The van der Waals surface area contributed by atoms with Crippen LogP contribution in [0.4, 0.5) is 28.4 Å². The van der Waals surface area contributed by atoms with Crippen LogP contribution in [0.2, 0.25) is 0 Å². The van der Waals surface area contributed by atoms with Gasteiger partial charge in [0.05, 0.1) is 47.9 Å². The monoisotopic (exact) mass is 1000 g/mol. The van der Waals surface area contributed by atoms with Gasteiger partial charge in [-0.1, -0.05) is 38.1 Å². The van der Waals surface area contributed by atoms with Gasteiger partial charge in [-0.3, -0.25) is 19.5 Å². The molecule has 8 aromatic rings. The summed E-state index contributed by atoms with van der Waals surface area (Å²) in [6.07, 6.45) is 9.07. The lowest BCUT2D eigenvalue weighted by atomic mass is 10.00. The molecule has 19 nitrogen and oxygen atoms in total. The van der Waals surface area contributed by atoms with E-state index >= 15 is 0 Å². The number of nitrogens with one attached hydrogen (secondary N) is 5. The number of fused-ring (bicyclic) bond motifs is 2. The first-order chi connectivity index (χ1) is 36.0. The molecule has 0 aliphatic carbocycles. The molecule has 10 rings (SSSR count). The summed E-state index contributed by atoms with van der Waals surface area (Å²) in [5.74, 6) is 0.126. The highest BCUT2D eigenvalue weighted by Gasteiger charge is 2.23. The number of hydrogen-bond acceptors (Lipinski definition) is 15. The first-order valence-corrected chi connectivity index (χ1v) is 25.2. The smallest absolute Gasteiger partial charge is 0.252 e. The van der Waals surface area contributed by atoms with Crippen LogP contribution in [0.1, 0.15) is 76.6 Å². The Hall–Kier alpha value is -7.81. The second-order valence-corrected chi connectivity index (χ2v) is 18.6. The van der Waals surface area contributed by atoms with Gasteiger partial charge in [-0.2, -0.15) is 0 Å². The summed E-state index contributed by atoms with van der Waals surface area (Å²) < 4.78 is 5.47. The van der Waals surface area contributed by atoms with Gasteiger partial charge in [-0.25, -0.2) is 19.9 Å². The third-order valence-electron chi connectivity index (χ3n) is 13.4. The zero-order chi connectivity index (χ0) is 51.7. The number of benzene rings is 3. The predicted molar refractivity (Wildman–Crippen MR) is 289 cm³/mol. The minimum Gasteiger partial charge on any atom is -0.392 e. The summed E-state index contributed by atoms with van der Waals surface area (Å²) in [6.45, 7) is 12.7. The maximum absolute atomic E-state index is 12.5. The highest BCUT2D eigenvalue weighted by Crippen LogP contribution is 2.35. The highest BCUT2D eigenvalue weighted by atomic mass is 16.5. The van der Waals surface area contributed by atoms with Crippen molar-refractivity contribution in [3.63, 3.8) is 0 Å². The van der Waals surface area contributed by atoms with Gasteiger partial charge in [0.15, 0.2) is 11.3 Å². The number of likely N-dealkylation sites (tertiary alicyclic amines) is 1. The molecule has 2 aliphatic heterocycles. The zero-order valence-electron chi connectivity index (χ0n) is 42.0. The first-order valence-electron chi connectivity index (χ1n) is 25.2. The Morgan fingerprint density at radius 1 is 0.770 bits per heavy atom. The number of aromatic amines is 2. The molecule has 19 heteroatoms. The molecule has 2 saturated heterocycles. The third-order valence-corrected chi connectivity index (χ3v) is 13.4. The van der Waals surface area contributed by atoms with E-state index in [2.05, 4.69) is 82.7 Å². The number of piperidine rings is 1. The largest absolute Gasteiger partial charge is 0.392 e. The fraction of sp³-hybridized carbons (Fsp3) is 0.327. The van der Waals surface area contributed by atoms with Crippen molar-refractivity contribution < 1.29 is 24.5 Å². The van der Waals surface area contributed by atoms with Gasteiger partial charge in [-0.15, -0.1) is 0 Å². The molecule has 2 unspecified atom stereocenters. The minimum atomic E-state index is -0.590. The number of anilines is 5. The molecule has 74 heavy (non-hydrogen) atoms. The first kappa shape index (κ1) is 51.1. The number of β-amino-alcohol motifs (C(OH)–C–C–N with tert-alkyl or cyclic N) is 1. The highest BCUT2D eigenvalue weighted by molar-refractivity contribution is 6.07. The van der Waals surface area contributed by atoms with Crippen LogP contribution in [0, 0.1) is 0 Å². The number of primary amides is 2. The Kier molecular flexibility index (Phi) is 16.1. The number of aliphatic hydroxyl groups excluding tert-OH is 2. The number of morpholine rings is 1. The standard InChI is InChI=1S/C31H37N7O3.C24H27N7O2/c1-2-24-21(18-37-12-4-6-23(39)19-37)5-3-7-26(24)34-27-25(29(32)40)17-33-31-28(27)35-30(36-31)20-8-10-22(11-9-20)38-13-15-41-16-14-38;1-3-17-16(12-27-11-14(2)32)5-4-6-19(17)29-20-18(22(25)33)13-28-24-21(20)30-23(31-24)15-7-9-26-10-8-15/h3,5,7-11,17,23,39H,2,4,6,12-16,18-19H2,1H3,(H2,32,40)(H2,33,34,35,36);4-10,13-14,27,32H,3,11-12H2,1-2H3,(H2,25,33)(H2,28,29,30,31). The molecule has 3 aromatic carbocycles. The van der Waals surface area contributed by atoms with Crippen LogP contribution in [-0.2, 0) is 30.7 Å². The number of pyridine rings is 3. The van der Waals surface area contributed by atoms with Crippen LogP contribution in [0.3, 0.4) is 0 Å². The molecule has 384 valence electrons. The lowest BCUT2D eigenvalue weighted by Crippen LogP contribution is -2.37. The maximum Gasteiger partial charge on any atom is 0.252 e. The summed E-state index contributed by atoms with van der Waals surface area (Å²) in [7, 11) is 0. The molecule has 2 amide bonds. The molecule has 0 bridgehead atoms. The molecule has 5 aromatic heterocycles. The van der Waals surface area contributed by atoms with Gasteiger partial charge in [0, 0.05) is 92.2 Å². The average molecular weight is 1000 g/mol. The number of H-pyrrole nitrogens is 2. The molecule has 0 spiro atoms. The van der Waals surface area contributed by atoms with E-state index in [9.17, 15) is 19.8 Å². The molecule has 11 N–H and O–H groups in total. The van der Waals surface area contributed by atoms with E-state index in [0.29, 0.717) is 65.0 Å². The van der Waals surface area contributed by atoms with Gasteiger partial charge < -0.3 is 57.2 Å². The number of ether oxygens (including phenoxy) is 1. The van der Waals surface area contributed by atoms with E-state index in [-0.39, 0.29) is 17.2 Å². The third kappa shape index (κ3) is 11.7.